The van der Waals surface area contributed by atoms with Crippen LogP contribution in [0.4, 0.5) is 4.79 Å². The van der Waals surface area contributed by atoms with E-state index in [1.54, 1.807) is 12.1 Å². The van der Waals surface area contributed by atoms with E-state index in [0.717, 1.165) is 5.56 Å². The second-order valence-corrected chi connectivity index (χ2v) is 14.0. The average Bonchev–Trinajstić information content (AvgIpc) is 2.77. The van der Waals surface area contributed by atoms with Crippen molar-refractivity contribution in [2.45, 2.75) is 64.4 Å². The van der Waals surface area contributed by atoms with Crippen molar-refractivity contribution in [3.05, 3.63) is 55.1 Å². The Morgan fingerprint density at radius 1 is 1.03 bits per heavy atom. The summed E-state index contributed by atoms with van der Waals surface area (Å²) in [4.78, 5) is 36.4. The Kier molecular flexibility index (Phi) is 11.7. The van der Waals surface area contributed by atoms with Crippen molar-refractivity contribution in [2.75, 3.05) is 13.2 Å². The molecule has 0 fully saturated rings. The summed E-state index contributed by atoms with van der Waals surface area (Å²) in [6, 6.07) is 5.87. The van der Waals surface area contributed by atoms with Gasteiger partial charge in [-0.05, 0) is 42.2 Å². The van der Waals surface area contributed by atoms with Gasteiger partial charge < -0.3 is 24.0 Å². The number of rotatable bonds is 13. The lowest BCUT2D eigenvalue weighted by Crippen LogP contribution is -2.43. The Balaban J connectivity index is 2.69. The highest BCUT2D eigenvalue weighted by molar-refractivity contribution is 6.74. The number of esters is 2. The van der Waals surface area contributed by atoms with E-state index in [1.807, 2.05) is 12.1 Å². The highest BCUT2D eigenvalue weighted by Gasteiger charge is 2.37. The van der Waals surface area contributed by atoms with Crippen LogP contribution in [-0.4, -0.2) is 45.6 Å². The van der Waals surface area contributed by atoms with E-state index < -0.39 is 32.4 Å². The number of nitrogens with one attached hydrogen (secondary N) is 1. The second kappa shape index (κ2) is 13.7. The molecule has 0 aliphatic carbocycles. The molecule has 34 heavy (non-hydrogen) atoms. The third-order valence-corrected chi connectivity index (χ3v) is 9.94. The summed E-state index contributed by atoms with van der Waals surface area (Å²) < 4.78 is 21.4. The zero-order valence-electron chi connectivity index (χ0n) is 20.8. The molecule has 0 heterocycles. The fourth-order valence-corrected chi connectivity index (χ4v) is 3.35. The Morgan fingerprint density at radius 3 is 2.18 bits per heavy atom. The number of hydrogen-bond donors (Lipinski definition) is 1. The minimum Gasteiger partial charge on any atom is -0.461 e. The van der Waals surface area contributed by atoms with Gasteiger partial charge in [-0.15, -0.1) is 0 Å². The number of hydrogen-bond acceptors (Lipinski definition) is 7. The van der Waals surface area contributed by atoms with Crippen LogP contribution in [0.3, 0.4) is 0 Å². The van der Waals surface area contributed by atoms with Gasteiger partial charge in [-0.1, -0.05) is 58.2 Å². The van der Waals surface area contributed by atoms with Gasteiger partial charge in [0.15, 0.2) is 8.32 Å². The van der Waals surface area contributed by atoms with Crippen molar-refractivity contribution < 1.29 is 33.0 Å². The van der Waals surface area contributed by atoms with Gasteiger partial charge >= 0.3 is 18.0 Å². The zero-order chi connectivity index (χ0) is 25.8. The first kappa shape index (κ1) is 29.1. The van der Waals surface area contributed by atoms with Crippen LogP contribution in [0.1, 0.15) is 39.2 Å². The molecule has 1 aromatic carbocycles. The maximum atomic E-state index is 12.4. The predicted molar refractivity (Wildman–Crippen MR) is 133 cm³/mol. The highest BCUT2D eigenvalue weighted by atomic mass is 28.4. The van der Waals surface area contributed by atoms with E-state index >= 15 is 0 Å². The maximum Gasteiger partial charge on any atom is 0.413 e. The largest absolute Gasteiger partial charge is 0.461 e. The van der Waals surface area contributed by atoms with Crippen LogP contribution in [0, 0.1) is 0 Å². The van der Waals surface area contributed by atoms with Gasteiger partial charge in [-0.3, -0.25) is 4.79 Å². The normalized spacial score (nSPS) is 12.3. The van der Waals surface area contributed by atoms with Crippen molar-refractivity contribution in [3.8, 4) is 5.75 Å². The predicted octanol–water partition coefficient (Wildman–Crippen LogP) is 4.90. The Hall–Kier alpha value is -2.91. The molecule has 1 N–H and O–H groups in total. The van der Waals surface area contributed by atoms with E-state index in [0.29, 0.717) is 12.4 Å². The van der Waals surface area contributed by atoms with Gasteiger partial charge in [0.2, 0.25) is 0 Å². The molecule has 9 heteroatoms. The minimum absolute atomic E-state index is 0.00915. The van der Waals surface area contributed by atoms with Crippen LogP contribution >= 0.6 is 0 Å². The summed E-state index contributed by atoms with van der Waals surface area (Å²) >= 11 is 0. The molecular weight excluding hydrogens is 454 g/mol. The van der Waals surface area contributed by atoms with Gasteiger partial charge in [0.05, 0.1) is 6.61 Å². The van der Waals surface area contributed by atoms with E-state index in [2.05, 4.69) is 52.3 Å². The molecule has 1 amide bonds. The summed E-state index contributed by atoms with van der Waals surface area (Å²) in [6.45, 7) is 18.4. The lowest BCUT2D eigenvalue weighted by atomic mass is 10.1. The molecule has 0 unspecified atom stereocenters. The van der Waals surface area contributed by atoms with Gasteiger partial charge in [-0.2, -0.15) is 0 Å². The Morgan fingerprint density at radius 2 is 1.62 bits per heavy atom. The van der Waals surface area contributed by atoms with Crippen LogP contribution in [0.5, 0.6) is 5.75 Å². The number of carbonyl (C=O) groups is 3. The van der Waals surface area contributed by atoms with Crippen molar-refractivity contribution in [1.29, 1.82) is 0 Å². The number of benzene rings is 1. The fraction of sp³-hybridized carbons (Fsp3) is 0.480. The first-order chi connectivity index (χ1) is 15.9. The van der Waals surface area contributed by atoms with Crippen LogP contribution in [0.2, 0.25) is 18.1 Å². The van der Waals surface area contributed by atoms with Crippen molar-refractivity contribution in [2.24, 2.45) is 0 Å². The second-order valence-electron chi connectivity index (χ2n) is 9.21. The average molecular weight is 492 g/mol. The van der Waals surface area contributed by atoms with Gasteiger partial charge in [0, 0.05) is 6.42 Å². The lowest BCUT2D eigenvalue weighted by molar-refractivity contribution is -0.146. The van der Waals surface area contributed by atoms with Crippen molar-refractivity contribution in [3.63, 3.8) is 0 Å². The first-order valence-electron chi connectivity index (χ1n) is 11.1. The summed E-state index contributed by atoms with van der Waals surface area (Å²) in [5.74, 6) is -0.921. The molecule has 0 aliphatic heterocycles. The molecule has 1 aromatic rings. The summed E-state index contributed by atoms with van der Waals surface area (Å²) in [5, 5.41) is 2.56. The van der Waals surface area contributed by atoms with Crippen LogP contribution in [-0.2, 0) is 30.1 Å². The van der Waals surface area contributed by atoms with Gasteiger partial charge in [0.1, 0.15) is 25.0 Å². The molecule has 1 rings (SSSR count). The zero-order valence-corrected chi connectivity index (χ0v) is 21.8. The highest BCUT2D eigenvalue weighted by Crippen LogP contribution is 2.37. The summed E-state index contributed by atoms with van der Waals surface area (Å²) in [5.41, 5.74) is 0.960. The molecule has 0 bridgehead atoms. The standard InChI is InChI=1S/C25H37NO7Si/c1-8-16-30-22(27)15-14-21(23(28)31-17-9-2)26-24(29)33-20-12-10-19(11-13-20)18-32-34(6,7)25(3,4)5/h8-13,21H,1-2,14-18H2,3-7H3,(H,26,29)/t21-/m0/s1. The molecule has 0 radical (unpaired) electrons. The molecule has 8 nitrogen and oxygen atoms in total. The molecular formula is C25H37NO7Si. The van der Waals surface area contributed by atoms with Crippen molar-refractivity contribution >= 4 is 26.3 Å². The first-order valence-corrected chi connectivity index (χ1v) is 14.1. The monoisotopic (exact) mass is 491 g/mol. The number of carbonyl (C=O) groups excluding carboxylic acids is 3. The Labute approximate surface area is 203 Å². The van der Waals surface area contributed by atoms with E-state index in [1.165, 1.54) is 12.2 Å². The van der Waals surface area contributed by atoms with Crippen LogP contribution < -0.4 is 10.1 Å². The number of amides is 1. The molecule has 0 saturated heterocycles. The van der Waals surface area contributed by atoms with Crippen LogP contribution in [0.15, 0.2) is 49.6 Å². The molecule has 0 spiro atoms. The quantitative estimate of drug-likeness (QED) is 0.238. The summed E-state index contributed by atoms with van der Waals surface area (Å²) in [7, 11) is -1.87. The molecule has 0 aromatic heterocycles. The van der Waals surface area contributed by atoms with E-state index in [4.69, 9.17) is 18.6 Å². The smallest absolute Gasteiger partial charge is 0.413 e. The fourth-order valence-electron chi connectivity index (χ4n) is 2.39. The van der Waals surface area contributed by atoms with E-state index in [9.17, 15) is 14.4 Å². The summed E-state index contributed by atoms with van der Waals surface area (Å²) in [6.07, 6.45) is 1.90. The topological polar surface area (TPSA) is 100 Å². The Bertz CT molecular complexity index is 844. The molecule has 188 valence electrons. The lowest BCUT2D eigenvalue weighted by Gasteiger charge is -2.36. The maximum absolute atomic E-state index is 12.4. The van der Waals surface area contributed by atoms with Crippen LogP contribution in [0.25, 0.3) is 0 Å². The molecule has 0 aliphatic rings. The molecule has 0 saturated carbocycles. The van der Waals surface area contributed by atoms with Crippen molar-refractivity contribution in [1.82, 2.24) is 5.32 Å². The van der Waals surface area contributed by atoms with E-state index in [-0.39, 0.29) is 31.1 Å². The van der Waals surface area contributed by atoms with Gasteiger partial charge in [-0.25, -0.2) is 9.59 Å². The number of ether oxygens (including phenoxy) is 3. The SMILES string of the molecule is C=CCOC(=O)CC[C@H](NC(=O)Oc1ccc(CO[Si](C)(C)C(C)(C)C)cc1)C(=O)OCC=C. The van der Waals surface area contributed by atoms with Gasteiger partial charge in [0.25, 0.3) is 0 Å². The molecule has 1 atom stereocenters. The minimum atomic E-state index is -1.87. The third-order valence-electron chi connectivity index (χ3n) is 5.46. The third kappa shape index (κ3) is 10.3.